The van der Waals surface area contributed by atoms with Gasteiger partial charge >= 0.3 is 5.69 Å². The summed E-state index contributed by atoms with van der Waals surface area (Å²) in [6.45, 7) is 0.372. The van der Waals surface area contributed by atoms with Crippen LogP contribution in [0, 0.1) is 10.1 Å². The molecule has 0 unspecified atom stereocenters. The molecule has 2 aromatic heterocycles. The molecule has 3 aromatic rings. The molecular weight excluding hydrogens is 324 g/mol. The Morgan fingerprint density at radius 2 is 2.00 bits per heavy atom. The van der Waals surface area contributed by atoms with Crippen molar-refractivity contribution >= 4 is 11.6 Å². The molecule has 0 aliphatic heterocycles. The number of nitrogens with two attached hydrogens (primary N) is 1. The zero-order valence-corrected chi connectivity index (χ0v) is 13.3. The molecule has 0 saturated heterocycles. The summed E-state index contributed by atoms with van der Waals surface area (Å²) in [5.74, 6) is -0.411. The molecule has 0 fully saturated rings. The van der Waals surface area contributed by atoms with Crippen molar-refractivity contribution in [1.29, 1.82) is 0 Å². The Bertz CT molecular complexity index is 900. The molecule has 9 nitrogen and oxygen atoms in total. The summed E-state index contributed by atoms with van der Waals surface area (Å²) in [7, 11) is 0. The first-order valence-corrected chi connectivity index (χ1v) is 7.65. The summed E-state index contributed by atoms with van der Waals surface area (Å²) in [5.41, 5.74) is 6.63. The highest BCUT2D eigenvalue weighted by Crippen LogP contribution is 2.28. The van der Waals surface area contributed by atoms with E-state index in [0.717, 1.165) is 5.69 Å². The maximum atomic E-state index is 11.3. The maximum absolute atomic E-state index is 11.3. The molecular formula is C16H16N6O3. The smallest absolute Gasteiger partial charge is 0.315 e. The van der Waals surface area contributed by atoms with Crippen LogP contribution in [-0.2, 0) is 11.3 Å². The summed E-state index contributed by atoms with van der Waals surface area (Å²) >= 11 is 0. The number of primary amides is 1. The molecule has 0 aliphatic carbocycles. The van der Waals surface area contributed by atoms with Gasteiger partial charge in [0.25, 0.3) is 0 Å². The van der Waals surface area contributed by atoms with Gasteiger partial charge in [-0.3, -0.25) is 19.6 Å². The summed E-state index contributed by atoms with van der Waals surface area (Å²) in [6.07, 6.45) is 5.26. The fraction of sp³-hybridized carbons (Fsp3) is 0.188. The normalized spacial score (nSPS) is 10.7. The Balaban J connectivity index is 1.88. The predicted molar refractivity (Wildman–Crippen MR) is 89.9 cm³/mol. The van der Waals surface area contributed by atoms with Gasteiger partial charge in [-0.25, -0.2) is 4.68 Å². The van der Waals surface area contributed by atoms with E-state index in [1.807, 2.05) is 30.3 Å². The lowest BCUT2D eigenvalue weighted by molar-refractivity contribution is -0.384. The van der Waals surface area contributed by atoms with E-state index < -0.39 is 10.8 Å². The van der Waals surface area contributed by atoms with Crippen molar-refractivity contribution in [3.05, 3.63) is 59.0 Å². The predicted octanol–water partition coefficient (Wildman–Crippen LogP) is 1.91. The van der Waals surface area contributed by atoms with Gasteiger partial charge in [0.05, 0.1) is 16.8 Å². The number of para-hydroxylation sites is 1. The number of rotatable bonds is 7. The summed E-state index contributed by atoms with van der Waals surface area (Å²) in [6, 6.07) is 9.42. The molecule has 2 N–H and O–H groups in total. The number of nitro groups is 1. The average Bonchev–Trinajstić information content (AvgIpc) is 3.22. The topological polar surface area (TPSA) is 122 Å². The van der Waals surface area contributed by atoms with E-state index in [9.17, 15) is 14.9 Å². The first-order chi connectivity index (χ1) is 12.0. The second-order valence-corrected chi connectivity index (χ2v) is 5.46. The Labute approximate surface area is 142 Å². The number of aryl methyl sites for hydroxylation is 1. The van der Waals surface area contributed by atoms with Crippen LogP contribution in [0.1, 0.15) is 12.8 Å². The van der Waals surface area contributed by atoms with Gasteiger partial charge < -0.3 is 5.73 Å². The molecule has 9 heteroatoms. The number of nitrogens with zero attached hydrogens (tertiary/aromatic N) is 5. The van der Waals surface area contributed by atoms with E-state index in [1.54, 1.807) is 10.9 Å². The van der Waals surface area contributed by atoms with Crippen molar-refractivity contribution in [3.8, 4) is 16.9 Å². The highest BCUT2D eigenvalue weighted by Gasteiger charge is 2.22. The number of carbonyl (C=O) groups excluding carboxylic acids is 1. The number of hydrogen-bond donors (Lipinski definition) is 1. The quantitative estimate of drug-likeness (QED) is 0.520. The van der Waals surface area contributed by atoms with Crippen LogP contribution >= 0.6 is 0 Å². The average molecular weight is 340 g/mol. The molecule has 1 aromatic carbocycles. The number of aromatic nitrogens is 4. The van der Waals surface area contributed by atoms with Crippen molar-refractivity contribution < 1.29 is 9.72 Å². The highest BCUT2D eigenvalue weighted by molar-refractivity contribution is 5.73. The van der Waals surface area contributed by atoms with E-state index in [0.29, 0.717) is 18.5 Å². The third kappa shape index (κ3) is 3.71. The minimum atomic E-state index is -0.479. The fourth-order valence-corrected chi connectivity index (χ4v) is 2.45. The zero-order valence-electron chi connectivity index (χ0n) is 13.3. The lowest BCUT2D eigenvalue weighted by Gasteiger charge is -1.99. The summed E-state index contributed by atoms with van der Waals surface area (Å²) in [4.78, 5) is 21.6. The van der Waals surface area contributed by atoms with Crippen LogP contribution in [0.25, 0.3) is 16.9 Å². The fourth-order valence-electron chi connectivity index (χ4n) is 2.45. The van der Waals surface area contributed by atoms with Crippen molar-refractivity contribution in [3.63, 3.8) is 0 Å². The molecule has 3 rings (SSSR count). The van der Waals surface area contributed by atoms with Gasteiger partial charge in [-0.2, -0.15) is 10.2 Å². The Hall–Kier alpha value is -3.49. The van der Waals surface area contributed by atoms with Gasteiger partial charge in [0, 0.05) is 24.7 Å². The Kier molecular flexibility index (Phi) is 4.55. The Morgan fingerprint density at radius 3 is 2.68 bits per heavy atom. The second-order valence-electron chi connectivity index (χ2n) is 5.46. The molecule has 0 saturated carbocycles. The molecule has 1 amide bonds. The van der Waals surface area contributed by atoms with Gasteiger partial charge in [0.15, 0.2) is 5.69 Å². The number of amides is 1. The molecule has 2 heterocycles. The van der Waals surface area contributed by atoms with Crippen LogP contribution in [0.5, 0.6) is 0 Å². The summed E-state index contributed by atoms with van der Waals surface area (Å²) < 4.78 is 3.08. The largest absolute Gasteiger partial charge is 0.370 e. The van der Waals surface area contributed by atoms with Crippen LogP contribution in [0.4, 0.5) is 5.69 Å². The van der Waals surface area contributed by atoms with Crippen molar-refractivity contribution in [2.24, 2.45) is 5.73 Å². The maximum Gasteiger partial charge on any atom is 0.315 e. The molecule has 0 bridgehead atoms. The van der Waals surface area contributed by atoms with E-state index in [2.05, 4.69) is 10.2 Å². The molecule has 0 aliphatic rings. The number of hydrogen-bond acceptors (Lipinski definition) is 5. The number of carbonyl (C=O) groups is 1. The van der Waals surface area contributed by atoms with Gasteiger partial charge in [-0.05, 0) is 18.6 Å². The summed E-state index contributed by atoms with van der Waals surface area (Å²) in [5, 5.41) is 19.8. The molecule has 128 valence electrons. The number of benzene rings is 1. The third-order valence-corrected chi connectivity index (χ3v) is 3.63. The monoisotopic (exact) mass is 340 g/mol. The van der Waals surface area contributed by atoms with E-state index in [4.69, 9.17) is 5.73 Å². The second kappa shape index (κ2) is 6.95. The minimum absolute atomic E-state index is 0.105. The highest BCUT2D eigenvalue weighted by atomic mass is 16.6. The molecule has 0 radical (unpaired) electrons. The lowest BCUT2D eigenvalue weighted by atomic mass is 10.2. The first kappa shape index (κ1) is 16.4. The van der Waals surface area contributed by atoms with Crippen molar-refractivity contribution in [1.82, 2.24) is 19.6 Å². The Morgan fingerprint density at radius 1 is 1.24 bits per heavy atom. The van der Waals surface area contributed by atoms with E-state index in [1.165, 1.54) is 17.1 Å². The minimum Gasteiger partial charge on any atom is -0.370 e. The van der Waals surface area contributed by atoms with Crippen LogP contribution in [-0.4, -0.2) is 30.4 Å². The van der Waals surface area contributed by atoms with E-state index in [-0.39, 0.29) is 17.8 Å². The van der Waals surface area contributed by atoms with Crippen LogP contribution in [0.2, 0.25) is 0 Å². The van der Waals surface area contributed by atoms with Crippen LogP contribution in [0.15, 0.2) is 48.9 Å². The molecule has 0 atom stereocenters. The van der Waals surface area contributed by atoms with Crippen molar-refractivity contribution in [2.75, 3.05) is 0 Å². The van der Waals surface area contributed by atoms with Gasteiger partial charge in [0.2, 0.25) is 5.91 Å². The van der Waals surface area contributed by atoms with Gasteiger partial charge in [0.1, 0.15) is 6.20 Å². The van der Waals surface area contributed by atoms with Crippen LogP contribution in [0.3, 0.4) is 0 Å². The standard InChI is InChI=1S/C16H16N6O3/c17-15(23)7-4-8-20-11-14(22(24)25)16(19-20)12-9-18-21(10-12)13-5-2-1-3-6-13/h1-3,5-6,9-11H,4,7-8H2,(H2,17,23). The zero-order chi connectivity index (χ0) is 17.8. The van der Waals surface area contributed by atoms with Crippen molar-refractivity contribution in [2.45, 2.75) is 19.4 Å². The van der Waals surface area contributed by atoms with E-state index >= 15 is 0 Å². The molecule has 25 heavy (non-hydrogen) atoms. The SMILES string of the molecule is NC(=O)CCCn1cc([N+](=O)[O-])c(-c2cnn(-c3ccccc3)c2)n1. The van der Waals surface area contributed by atoms with Crippen LogP contribution < -0.4 is 5.73 Å². The third-order valence-electron chi connectivity index (χ3n) is 3.63. The molecule has 0 spiro atoms. The first-order valence-electron chi connectivity index (χ1n) is 7.65. The van der Waals surface area contributed by atoms with Gasteiger partial charge in [-0.15, -0.1) is 0 Å². The van der Waals surface area contributed by atoms with Gasteiger partial charge in [-0.1, -0.05) is 18.2 Å². The lowest BCUT2D eigenvalue weighted by Crippen LogP contribution is -2.11.